The van der Waals surface area contributed by atoms with E-state index in [-0.39, 0.29) is 5.92 Å². The molecule has 0 unspecified atom stereocenters. The largest absolute Gasteiger partial charge is 0.465 e. The molecule has 1 fully saturated rings. The van der Waals surface area contributed by atoms with Gasteiger partial charge < -0.3 is 15.0 Å². The maximum absolute atomic E-state index is 11.1. The van der Waals surface area contributed by atoms with Crippen molar-refractivity contribution in [3.63, 3.8) is 0 Å². The Morgan fingerprint density at radius 2 is 2.07 bits per heavy atom. The standard InChI is InChI=1S/C22H23N5O2/c1-12(2)19-17-7-14(16-8-26(9-16)22(28)29)4-5-18(17)25-20(19)15-6-13(3)21-23-11-24-27(21)10-15/h4-7,10-12,16,25H,8-9H2,1-3H3,(H,28,29). The molecule has 4 heterocycles. The number of amides is 1. The number of fused-ring (bicyclic) bond motifs is 2. The van der Waals surface area contributed by atoms with Crippen molar-refractivity contribution >= 4 is 22.6 Å². The summed E-state index contributed by atoms with van der Waals surface area (Å²) in [6.07, 6.45) is 2.75. The van der Waals surface area contributed by atoms with Crippen molar-refractivity contribution in [3.05, 3.63) is 53.5 Å². The zero-order chi connectivity index (χ0) is 20.3. The van der Waals surface area contributed by atoms with Crippen molar-refractivity contribution in [3.8, 4) is 11.3 Å². The summed E-state index contributed by atoms with van der Waals surface area (Å²) in [6.45, 7) is 7.59. The highest BCUT2D eigenvalue weighted by molar-refractivity contribution is 5.92. The molecule has 0 spiro atoms. The van der Waals surface area contributed by atoms with E-state index in [4.69, 9.17) is 5.11 Å². The number of hydrogen-bond donors (Lipinski definition) is 2. The lowest BCUT2D eigenvalue weighted by atomic mass is 9.89. The van der Waals surface area contributed by atoms with Crippen LogP contribution in [0.3, 0.4) is 0 Å². The van der Waals surface area contributed by atoms with Gasteiger partial charge in [0.25, 0.3) is 0 Å². The lowest BCUT2D eigenvalue weighted by Gasteiger charge is -2.37. The van der Waals surface area contributed by atoms with Gasteiger partial charge in [0.05, 0.1) is 5.69 Å². The number of pyridine rings is 1. The number of aromatic nitrogens is 4. The number of nitrogens with zero attached hydrogens (tertiary/aromatic N) is 4. The van der Waals surface area contributed by atoms with Gasteiger partial charge in [-0.1, -0.05) is 19.9 Å². The predicted octanol–water partition coefficient (Wildman–Crippen LogP) is 4.39. The number of aryl methyl sites for hydroxylation is 1. The molecule has 0 saturated carbocycles. The minimum absolute atomic E-state index is 0.266. The molecular weight excluding hydrogens is 366 g/mol. The molecule has 1 amide bonds. The van der Waals surface area contributed by atoms with Crippen LogP contribution in [0.25, 0.3) is 27.8 Å². The Bertz CT molecular complexity index is 1250. The fourth-order valence-electron chi connectivity index (χ4n) is 4.39. The SMILES string of the molecule is Cc1cc(-c2[nH]c3ccc(C4CN(C(=O)O)C4)cc3c2C(C)C)cn2ncnc12. The first-order chi connectivity index (χ1) is 13.9. The van der Waals surface area contributed by atoms with Crippen LogP contribution in [-0.2, 0) is 0 Å². The zero-order valence-corrected chi connectivity index (χ0v) is 16.7. The van der Waals surface area contributed by atoms with Crippen LogP contribution in [0.2, 0.25) is 0 Å². The molecule has 148 valence electrons. The molecule has 1 saturated heterocycles. The summed E-state index contributed by atoms with van der Waals surface area (Å²) < 4.78 is 1.82. The van der Waals surface area contributed by atoms with Crippen molar-refractivity contribution in [2.24, 2.45) is 0 Å². The predicted molar refractivity (Wildman–Crippen MR) is 111 cm³/mol. The normalized spacial score (nSPS) is 14.8. The Hall–Kier alpha value is -3.35. The summed E-state index contributed by atoms with van der Waals surface area (Å²) in [6, 6.07) is 8.61. The van der Waals surface area contributed by atoms with Gasteiger partial charge in [-0.3, -0.25) is 0 Å². The minimum atomic E-state index is -0.840. The first kappa shape index (κ1) is 17.7. The second-order valence-electron chi connectivity index (χ2n) is 8.20. The number of carboxylic acid groups (broad SMARTS) is 1. The average Bonchev–Trinajstić information content (AvgIpc) is 3.24. The number of benzene rings is 1. The Morgan fingerprint density at radius 3 is 2.79 bits per heavy atom. The van der Waals surface area contributed by atoms with Crippen LogP contribution in [0.15, 0.2) is 36.8 Å². The van der Waals surface area contributed by atoms with Gasteiger partial charge in [-0.15, -0.1) is 0 Å². The van der Waals surface area contributed by atoms with E-state index in [0.29, 0.717) is 19.0 Å². The van der Waals surface area contributed by atoms with Crippen molar-refractivity contribution in [2.75, 3.05) is 13.1 Å². The number of carbonyl (C=O) groups is 1. The first-order valence-corrected chi connectivity index (χ1v) is 9.86. The Morgan fingerprint density at radius 1 is 1.28 bits per heavy atom. The van der Waals surface area contributed by atoms with E-state index in [2.05, 4.69) is 53.2 Å². The van der Waals surface area contributed by atoms with Crippen LogP contribution in [0, 0.1) is 6.92 Å². The van der Waals surface area contributed by atoms with Crippen molar-refractivity contribution in [1.82, 2.24) is 24.5 Å². The lowest BCUT2D eigenvalue weighted by molar-refractivity contribution is 0.105. The van der Waals surface area contributed by atoms with Crippen molar-refractivity contribution < 1.29 is 9.90 Å². The van der Waals surface area contributed by atoms with Gasteiger partial charge in [-0.2, -0.15) is 5.10 Å². The quantitative estimate of drug-likeness (QED) is 0.544. The van der Waals surface area contributed by atoms with Crippen LogP contribution in [-0.4, -0.2) is 48.8 Å². The van der Waals surface area contributed by atoms with E-state index in [1.807, 2.05) is 17.6 Å². The number of likely N-dealkylation sites (tertiary alicyclic amines) is 1. The molecule has 5 rings (SSSR count). The third kappa shape index (κ3) is 2.76. The monoisotopic (exact) mass is 389 g/mol. The summed E-state index contributed by atoms with van der Waals surface area (Å²) in [5, 5.41) is 14.6. The molecule has 29 heavy (non-hydrogen) atoms. The number of aromatic amines is 1. The van der Waals surface area contributed by atoms with Crippen LogP contribution in [0.4, 0.5) is 4.79 Å². The maximum atomic E-state index is 11.1. The maximum Gasteiger partial charge on any atom is 0.407 e. The summed E-state index contributed by atoms with van der Waals surface area (Å²) in [7, 11) is 0. The van der Waals surface area contributed by atoms with E-state index in [1.165, 1.54) is 21.4 Å². The van der Waals surface area contributed by atoms with Crippen LogP contribution in [0.5, 0.6) is 0 Å². The van der Waals surface area contributed by atoms with Gasteiger partial charge in [-0.05, 0) is 47.7 Å². The molecule has 7 heteroatoms. The van der Waals surface area contributed by atoms with E-state index >= 15 is 0 Å². The third-order valence-corrected chi connectivity index (χ3v) is 5.91. The fraction of sp³-hybridized carbons (Fsp3) is 0.318. The van der Waals surface area contributed by atoms with E-state index in [0.717, 1.165) is 28.0 Å². The Labute approximate surface area is 168 Å². The Balaban J connectivity index is 1.62. The number of nitrogens with one attached hydrogen (secondary N) is 1. The highest BCUT2D eigenvalue weighted by atomic mass is 16.4. The summed E-state index contributed by atoms with van der Waals surface area (Å²) >= 11 is 0. The molecular formula is C22H23N5O2. The van der Waals surface area contributed by atoms with E-state index in [9.17, 15) is 4.79 Å². The Kier molecular flexibility index (Phi) is 3.87. The van der Waals surface area contributed by atoms with Crippen molar-refractivity contribution in [1.29, 1.82) is 0 Å². The van der Waals surface area contributed by atoms with Gasteiger partial charge >= 0.3 is 6.09 Å². The van der Waals surface area contributed by atoms with Crippen LogP contribution >= 0.6 is 0 Å². The number of rotatable bonds is 3. The van der Waals surface area contributed by atoms with Gasteiger partial charge in [0.2, 0.25) is 0 Å². The van der Waals surface area contributed by atoms with Crippen LogP contribution < -0.4 is 0 Å². The van der Waals surface area contributed by atoms with Gasteiger partial charge in [0.1, 0.15) is 6.33 Å². The number of H-pyrrole nitrogens is 1. The second-order valence-corrected chi connectivity index (χ2v) is 8.20. The van der Waals surface area contributed by atoms with Gasteiger partial charge in [0.15, 0.2) is 5.65 Å². The molecule has 0 aliphatic carbocycles. The first-order valence-electron chi connectivity index (χ1n) is 9.86. The molecule has 1 aliphatic rings. The van der Waals surface area contributed by atoms with Gasteiger partial charge in [-0.25, -0.2) is 14.3 Å². The highest BCUT2D eigenvalue weighted by Crippen LogP contribution is 2.38. The van der Waals surface area contributed by atoms with E-state index in [1.54, 1.807) is 6.33 Å². The molecule has 2 N–H and O–H groups in total. The molecule has 0 bridgehead atoms. The van der Waals surface area contributed by atoms with Crippen molar-refractivity contribution in [2.45, 2.75) is 32.6 Å². The average molecular weight is 389 g/mol. The summed E-state index contributed by atoms with van der Waals surface area (Å²) in [5.41, 5.74) is 7.71. The molecule has 1 aromatic carbocycles. The molecule has 0 radical (unpaired) electrons. The van der Waals surface area contributed by atoms with Gasteiger partial charge in [0, 0.05) is 41.7 Å². The summed E-state index contributed by atoms with van der Waals surface area (Å²) in [5.74, 6) is 0.597. The van der Waals surface area contributed by atoms with E-state index < -0.39 is 6.09 Å². The molecule has 0 atom stereocenters. The number of hydrogen-bond acceptors (Lipinski definition) is 3. The summed E-state index contributed by atoms with van der Waals surface area (Å²) in [4.78, 5) is 20.5. The molecule has 3 aromatic heterocycles. The van der Waals surface area contributed by atoms with Crippen LogP contribution in [0.1, 0.15) is 42.4 Å². The molecule has 1 aliphatic heterocycles. The second kappa shape index (κ2) is 6.34. The minimum Gasteiger partial charge on any atom is -0.465 e. The molecule has 4 aromatic rings. The topological polar surface area (TPSA) is 86.5 Å². The third-order valence-electron chi connectivity index (χ3n) is 5.91. The fourth-order valence-corrected chi connectivity index (χ4v) is 4.39. The highest BCUT2D eigenvalue weighted by Gasteiger charge is 2.32. The zero-order valence-electron chi connectivity index (χ0n) is 16.7. The lowest BCUT2D eigenvalue weighted by Crippen LogP contribution is -2.47. The molecule has 7 nitrogen and oxygen atoms in total. The smallest absolute Gasteiger partial charge is 0.407 e.